The van der Waals surface area contributed by atoms with Gasteiger partial charge >= 0.3 is 0 Å². The third-order valence-corrected chi connectivity index (χ3v) is 5.20. The lowest BCUT2D eigenvalue weighted by Crippen LogP contribution is -2.26. The molecular weight excluding hydrogens is 444 g/mol. The van der Waals surface area contributed by atoms with Crippen molar-refractivity contribution in [3.8, 4) is 5.75 Å². The normalized spacial score (nSPS) is 15.1. The molecule has 3 aromatic carbocycles. The van der Waals surface area contributed by atoms with Gasteiger partial charge in [0, 0.05) is 18.3 Å². The Morgan fingerprint density at radius 3 is 2.37 bits per heavy atom. The molecule has 8 nitrogen and oxygen atoms in total. The van der Waals surface area contributed by atoms with Crippen LogP contribution >= 0.6 is 0 Å². The van der Waals surface area contributed by atoms with Crippen molar-refractivity contribution in [2.45, 2.75) is 20.1 Å². The summed E-state index contributed by atoms with van der Waals surface area (Å²) in [5, 5.41) is 21.5. The lowest BCUT2D eigenvalue weighted by molar-refractivity contribution is -0.115. The minimum atomic E-state index is -0.854. The van der Waals surface area contributed by atoms with Crippen molar-refractivity contribution in [3.05, 3.63) is 90.0 Å². The second-order valence-electron chi connectivity index (χ2n) is 7.99. The number of ether oxygens (including phenoxy) is 1. The van der Waals surface area contributed by atoms with Crippen LogP contribution in [0.3, 0.4) is 0 Å². The van der Waals surface area contributed by atoms with Gasteiger partial charge in [-0.2, -0.15) is 10.1 Å². The van der Waals surface area contributed by atoms with E-state index in [0.29, 0.717) is 28.4 Å². The fourth-order valence-electron chi connectivity index (χ4n) is 3.52. The molecule has 1 aliphatic rings. The summed E-state index contributed by atoms with van der Waals surface area (Å²) in [6.07, 6.45) is 0.926. The van der Waals surface area contributed by atoms with Crippen LogP contribution in [-0.2, 0) is 9.59 Å². The van der Waals surface area contributed by atoms with Gasteiger partial charge in [-0.25, -0.2) is 0 Å². The summed E-state index contributed by atoms with van der Waals surface area (Å²) in [7, 11) is 0. The number of nitrogens with zero attached hydrogens (tertiary/aromatic N) is 2. The van der Waals surface area contributed by atoms with E-state index in [0.717, 1.165) is 11.3 Å². The van der Waals surface area contributed by atoms with Crippen molar-refractivity contribution in [1.29, 1.82) is 0 Å². The number of carbonyl (C=O) groups excluding carboxylic acids is 2. The average Bonchev–Trinajstić information content (AvgIpc) is 3.13. The van der Waals surface area contributed by atoms with Gasteiger partial charge in [-0.15, -0.1) is 0 Å². The summed E-state index contributed by atoms with van der Waals surface area (Å²) in [6, 6.07) is 23.6. The second kappa shape index (κ2) is 10.7. The molecule has 35 heavy (non-hydrogen) atoms. The van der Waals surface area contributed by atoms with Crippen LogP contribution in [0, 0.1) is 0 Å². The highest BCUT2D eigenvalue weighted by Crippen LogP contribution is 2.26. The van der Waals surface area contributed by atoms with E-state index in [2.05, 4.69) is 15.7 Å². The van der Waals surface area contributed by atoms with Gasteiger partial charge < -0.3 is 20.5 Å². The first-order valence-corrected chi connectivity index (χ1v) is 11.1. The number of anilines is 3. The van der Waals surface area contributed by atoms with Crippen molar-refractivity contribution in [2.75, 3.05) is 22.2 Å². The molecule has 0 aromatic heterocycles. The van der Waals surface area contributed by atoms with E-state index in [1.54, 1.807) is 49.4 Å². The lowest BCUT2D eigenvalue weighted by Gasteiger charge is -2.15. The molecule has 1 unspecified atom stereocenters. The number of amides is 2. The molecule has 0 bridgehead atoms. The maximum absolute atomic E-state index is 13.0. The van der Waals surface area contributed by atoms with Crippen LogP contribution in [0.1, 0.15) is 19.4 Å². The van der Waals surface area contributed by atoms with Crippen LogP contribution < -0.4 is 20.4 Å². The van der Waals surface area contributed by atoms with E-state index in [1.807, 2.05) is 42.5 Å². The van der Waals surface area contributed by atoms with Gasteiger partial charge in [0.15, 0.2) is 6.23 Å². The van der Waals surface area contributed by atoms with Crippen molar-refractivity contribution in [3.63, 3.8) is 0 Å². The number of hydrogen-bond donors (Lipinski definition) is 3. The predicted octanol–water partition coefficient (Wildman–Crippen LogP) is 4.26. The number of aliphatic hydroxyl groups excluding tert-OH is 1. The predicted molar refractivity (Wildman–Crippen MR) is 137 cm³/mol. The summed E-state index contributed by atoms with van der Waals surface area (Å²) in [5.41, 5.74) is 3.99. The maximum Gasteiger partial charge on any atom is 0.280 e. The zero-order chi connectivity index (χ0) is 24.8. The summed E-state index contributed by atoms with van der Waals surface area (Å²) in [4.78, 5) is 24.2. The molecule has 1 aliphatic heterocycles. The third-order valence-electron chi connectivity index (χ3n) is 5.20. The van der Waals surface area contributed by atoms with Crippen LogP contribution in [-0.4, -0.2) is 35.5 Å². The van der Waals surface area contributed by atoms with E-state index in [1.165, 1.54) is 11.9 Å². The van der Waals surface area contributed by atoms with Gasteiger partial charge in [0.05, 0.1) is 17.0 Å². The molecule has 1 heterocycles. The number of nitrogens with one attached hydrogen (secondary N) is 2. The molecule has 178 valence electrons. The van der Waals surface area contributed by atoms with Crippen LogP contribution in [0.5, 0.6) is 5.75 Å². The number of hydrazone groups is 1. The standard InChI is InChI=1S/C27H26N4O4/c1-18-25(27(34)31(30-18)23-12-10-22(11-13-23)28-19(2)32)16-20-8-14-24(15-9-20)35-17-26(33)29-21-6-4-3-5-7-21/h3-16,26,29,33H,17H2,1-2H3,(H,28,32)/b25-16+. The fraction of sp³-hybridized carbons (Fsp3) is 0.148. The van der Waals surface area contributed by atoms with E-state index < -0.39 is 6.23 Å². The molecule has 1 atom stereocenters. The van der Waals surface area contributed by atoms with Gasteiger partial charge in [0.1, 0.15) is 12.4 Å². The van der Waals surface area contributed by atoms with E-state index in [9.17, 15) is 14.7 Å². The Hall–Kier alpha value is -4.43. The molecular formula is C27H26N4O4. The molecule has 0 saturated heterocycles. The quantitative estimate of drug-likeness (QED) is 0.337. The van der Waals surface area contributed by atoms with Gasteiger partial charge in [0.2, 0.25) is 5.91 Å². The second-order valence-corrected chi connectivity index (χ2v) is 7.99. The first kappa shape index (κ1) is 23.7. The zero-order valence-corrected chi connectivity index (χ0v) is 19.4. The molecule has 3 N–H and O–H groups in total. The number of para-hydroxylation sites is 1. The van der Waals surface area contributed by atoms with Gasteiger partial charge in [-0.1, -0.05) is 30.3 Å². The van der Waals surface area contributed by atoms with Crippen LogP contribution in [0.2, 0.25) is 0 Å². The Bertz CT molecular complexity index is 1250. The van der Waals surface area contributed by atoms with E-state index >= 15 is 0 Å². The van der Waals surface area contributed by atoms with Gasteiger partial charge in [0.25, 0.3) is 5.91 Å². The minimum absolute atomic E-state index is 0.0786. The Morgan fingerprint density at radius 2 is 1.71 bits per heavy atom. The summed E-state index contributed by atoms with van der Waals surface area (Å²) < 4.78 is 5.66. The Kier molecular flexibility index (Phi) is 7.23. The maximum atomic E-state index is 13.0. The van der Waals surface area contributed by atoms with Gasteiger partial charge in [-0.05, 0) is 67.1 Å². The van der Waals surface area contributed by atoms with E-state index in [4.69, 9.17) is 4.74 Å². The fourth-order valence-corrected chi connectivity index (χ4v) is 3.52. The zero-order valence-electron chi connectivity index (χ0n) is 19.4. The Balaban J connectivity index is 1.37. The van der Waals surface area contributed by atoms with Crippen LogP contribution in [0.25, 0.3) is 6.08 Å². The Labute approximate surface area is 203 Å². The number of benzene rings is 3. The first-order chi connectivity index (χ1) is 16.9. The van der Waals surface area contributed by atoms with E-state index in [-0.39, 0.29) is 18.4 Å². The monoisotopic (exact) mass is 470 g/mol. The number of carbonyl (C=O) groups is 2. The highest BCUT2D eigenvalue weighted by molar-refractivity contribution is 6.32. The Morgan fingerprint density at radius 1 is 1.03 bits per heavy atom. The largest absolute Gasteiger partial charge is 0.489 e. The van der Waals surface area contributed by atoms with Crippen molar-refractivity contribution < 1.29 is 19.4 Å². The van der Waals surface area contributed by atoms with Crippen molar-refractivity contribution >= 4 is 40.7 Å². The van der Waals surface area contributed by atoms with Crippen molar-refractivity contribution in [1.82, 2.24) is 0 Å². The van der Waals surface area contributed by atoms with Crippen LogP contribution in [0.15, 0.2) is 89.5 Å². The summed E-state index contributed by atoms with van der Waals surface area (Å²) >= 11 is 0. The summed E-state index contributed by atoms with van der Waals surface area (Å²) in [6.45, 7) is 3.30. The topological polar surface area (TPSA) is 103 Å². The first-order valence-electron chi connectivity index (χ1n) is 11.1. The highest BCUT2D eigenvalue weighted by Gasteiger charge is 2.28. The van der Waals surface area contributed by atoms with Crippen molar-refractivity contribution in [2.24, 2.45) is 5.10 Å². The lowest BCUT2D eigenvalue weighted by atomic mass is 10.1. The number of aliphatic hydroxyl groups is 1. The highest BCUT2D eigenvalue weighted by atomic mass is 16.5. The molecule has 0 aliphatic carbocycles. The van der Waals surface area contributed by atoms with Gasteiger partial charge in [-0.3, -0.25) is 9.59 Å². The number of hydrogen-bond acceptors (Lipinski definition) is 6. The number of rotatable bonds is 8. The molecule has 2 amide bonds. The minimum Gasteiger partial charge on any atom is -0.489 e. The molecule has 3 aromatic rings. The van der Waals surface area contributed by atoms with Crippen LogP contribution in [0.4, 0.5) is 17.1 Å². The smallest absolute Gasteiger partial charge is 0.280 e. The molecule has 8 heteroatoms. The molecule has 0 radical (unpaired) electrons. The third kappa shape index (κ3) is 6.13. The molecule has 0 fully saturated rings. The molecule has 0 saturated carbocycles. The SMILES string of the molecule is CC(=O)Nc1ccc(N2N=C(C)/C(=C\c3ccc(OCC(O)Nc4ccccc4)cc3)C2=O)cc1. The average molecular weight is 471 g/mol. The summed E-state index contributed by atoms with van der Waals surface area (Å²) in [5.74, 6) is 0.209. The molecule has 0 spiro atoms. The molecule has 4 rings (SSSR count).